The molecule has 0 aliphatic heterocycles. The van der Waals surface area contributed by atoms with E-state index in [0.29, 0.717) is 6.61 Å². The number of carbonyl (C=O) groups excluding carboxylic acids is 1. The maximum absolute atomic E-state index is 11.9. The molecule has 1 amide bonds. The number of hydrogen-bond acceptors (Lipinski definition) is 3. The van der Waals surface area contributed by atoms with Crippen LogP contribution in [0, 0.1) is 6.92 Å². The predicted octanol–water partition coefficient (Wildman–Crippen LogP) is 3.41. The zero-order chi connectivity index (χ0) is 15.2. The molecule has 0 spiro atoms. The van der Waals surface area contributed by atoms with Crippen LogP contribution >= 0.6 is 11.8 Å². The molecule has 0 saturated heterocycles. The van der Waals surface area contributed by atoms with Gasteiger partial charge < -0.3 is 10.1 Å². The van der Waals surface area contributed by atoms with Crippen molar-refractivity contribution in [1.29, 1.82) is 0 Å². The van der Waals surface area contributed by atoms with E-state index in [4.69, 9.17) is 4.74 Å². The number of nitrogens with one attached hydrogen (secondary N) is 1. The minimum Gasteiger partial charge on any atom is -0.493 e. The van der Waals surface area contributed by atoms with Gasteiger partial charge in [-0.25, -0.2) is 0 Å². The van der Waals surface area contributed by atoms with Crippen molar-refractivity contribution in [3.05, 3.63) is 29.8 Å². The van der Waals surface area contributed by atoms with E-state index in [1.54, 1.807) is 11.8 Å². The van der Waals surface area contributed by atoms with Crippen LogP contribution in [0.25, 0.3) is 0 Å². The molecule has 20 heavy (non-hydrogen) atoms. The third-order valence-electron chi connectivity index (χ3n) is 2.58. The van der Waals surface area contributed by atoms with Gasteiger partial charge in [0.25, 0.3) is 0 Å². The lowest BCUT2D eigenvalue weighted by atomic mass is 10.1. The summed E-state index contributed by atoms with van der Waals surface area (Å²) in [7, 11) is 0. The summed E-state index contributed by atoms with van der Waals surface area (Å²) in [5, 5.41) is 2.92. The third-order valence-corrected chi connectivity index (χ3v) is 3.69. The number of amides is 1. The van der Waals surface area contributed by atoms with Crippen molar-refractivity contribution in [3.63, 3.8) is 0 Å². The van der Waals surface area contributed by atoms with Gasteiger partial charge in [-0.3, -0.25) is 4.79 Å². The molecular formula is C16H25NO2S. The fourth-order valence-corrected chi connectivity index (χ4v) is 2.38. The molecule has 112 valence electrons. The van der Waals surface area contributed by atoms with Crippen molar-refractivity contribution in [2.24, 2.45) is 0 Å². The first-order valence-corrected chi connectivity index (χ1v) is 7.96. The van der Waals surface area contributed by atoms with Crippen LogP contribution in [0.4, 0.5) is 0 Å². The topological polar surface area (TPSA) is 38.3 Å². The minimum absolute atomic E-state index is 0.0599. The van der Waals surface area contributed by atoms with Crippen LogP contribution in [0.15, 0.2) is 24.3 Å². The van der Waals surface area contributed by atoms with Crippen LogP contribution < -0.4 is 10.1 Å². The first-order valence-electron chi connectivity index (χ1n) is 6.91. The highest BCUT2D eigenvalue weighted by atomic mass is 32.2. The van der Waals surface area contributed by atoms with Crippen LogP contribution in [0.5, 0.6) is 5.75 Å². The molecule has 4 heteroatoms. The second-order valence-electron chi connectivity index (χ2n) is 5.92. The summed E-state index contributed by atoms with van der Waals surface area (Å²) in [5.74, 6) is 1.77. The van der Waals surface area contributed by atoms with Gasteiger partial charge in [0.15, 0.2) is 0 Å². The van der Waals surface area contributed by atoms with Gasteiger partial charge in [0.2, 0.25) is 5.91 Å². The van der Waals surface area contributed by atoms with Gasteiger partial charge in [-0.1, -0.05) is 12.1 Å². The summed E-state index contributed by atoms with van der Waals surface area (Å²) in [6.45, 7) is 10.6. The number of thioether (sulfide) groups is 1. The molecule has 0 radical (unpaired) electrons. The molecule has 1 aromatic carbocycles. The van der Waals surface area contributed by atoms with E-state index in [-0.39, 0.29) is 16.7 Å². The van der Waals surface area contributed by atoms with Crippen molar-refractivity contribution in [2.45, 2.75) is 45.4 Å². The zero-order valence-corrected chi connectivity index (χ0v) is 13.8. The Kier molecular flexibility index (Phi) is 6.40. The van der Waals surface area contributed by atoms with Crippen molar-refractivity contribution in [2.75, 3.05) is 12.4 Å². The molecule has 0 bridgehead atoms. The van der Waals surface area contributed by atoms with Gasteiger partial charge >= 0.3 is 0 Å². The molecule has 3 nitrogen and oxygen atoms in total. The maximum atomic E-state index is 11.9. The number of ether oxygens (including phenoxy) is 1. The summed E-state index contributed by atoms with van der Waals surface area (Å²) >= 11 is 1.61. The normalized spacial score (nSPS) is 12.8. The molecular weight excluding hydrogens is 270 g/mol. The van der Waals surface area contributed by atoms with Crippen molar-refractivity contribution < 1.29 is 9.53 Å². The Morgan fingerprint density at radius 2 is 2.10 bits per heavy atom. The SMILES string of the molecule is Cc1cccc(OCCS[C@H](C)C(=O)NC(C)(C)C)c1. The number of hydrogen-bond donors (Lipinski definition) is 1. The highest BCUT2D eigenvalue weighted by Crippen LogP contribution is 2.15. The third kappa shape index (κ3) is 6.85. The Bertz CT molecular complexity index is 440. The Hall–Kier alpha value is -1.16. The second-order valence-corrected chi connectivity index (χ2v) is 7.37. The van der Waals surface area contributed by atoms with Crippen LogP contribution in [-0.2, 0) is 4.79 Å². The minimum atomic E-state index is -0.177. The van der Waals surface area contributed by atoms with Gasteiger partial charge in [-0.2, -0.15) is 0 Å². The van der Waals surface area contributed by atoms with Gasteiger partial charge in [-0.05, 0) is 52.3 Å². The number of carbonyl (C=O) groups is 1. The highest BCUT2D eigenvalue weighted by Gasteiger charge is 2.19. The molecule has 0 heterocycles. The van der Waals surface area contributed by atoms with E-state index in [2.05, 4.69) is 5.32 Å². The average Bonchev–Trinajstić information content (AvgIpc) is 2.32. The summed E-state index contributed by atoms with van der Waals surface area (Å²) in [4.78, 5) is 11.9. The molecule has 0 saturated carbocycles. The Morgan fingerprint density at radius 1 is 1.40 bits per heavy atom. The number of benzene rings is 1. The molecule has 0 fully saturated rings. The number of aryl methyl sites for hydroxylation is 1. The van der Waals surface area contributed by atoms with Crippen LogP contribution in [0.3, 0.4) is 0 Å². The molecule has 1 N–H and O–H groups in total. The van der Waals surface area contributed by atoms with Crippen LogP contribution in [0.2, 0.25) is 0 Å². The summed E-state index contributed by atoms with van der Waals surface area (Å²) in [6.07, 6.45) is 0. The second kappa shape index (κ2) is 7.58. The van der Waals surface area contributed by atoms with Crippen molar-refractivity contribution in [1.82, 2.24) is 5.32 Å². The first kappa shape index (κ1) is 16.9. The molecule has 1 aromatic rings. The maximum Gasteiger partial charge on any atom is 0.233 e. The van der Waals surface area contributed by atoms with Crippen LogP contribution in [0.1, 0.15) is 33.3 Å². The van der Waals surface area contributed by atoms with Crippen molar-refractivity contribution in [3.8, 4) is 5.75 Å². The molecule has 1 rings (SSSR count). The molecule has 0 aliphatic carbocycles. The van der Waals surface area contributed by atoms with E-state index in [0.717, 1.165) is 11.5 Å². The molecule has 0 aliphatic rings. The van der Waals surface area contributed by atoms with E-state index in [9.17, 15) is 4.79 Å². The largest absolute Gasteiger partial charge is 0.493 e. The van der Waals surface area contributed by atoms with E-state index in [1.807, 2.05) is 58.9 Å². The molecule has 0 aromatic heterocycles. The van der Waals surface area contributed by atoms with Gasteiger partial charge in [0.1, 0.15) is 5.75 Å². The van der Waals surface area contributed by atoms with Crippen molar-refractivity contribution >= 4 is 17.7 Å². The van der Waals surface area contributed by atoms with Gasteiger partial charge in [0, 0.05) is 11.3 Å². The van der Waals surface area contributed by atoms with E-state index in [1.165, 1.54) is 5.56 Å². The summed E-state index contributed by atoms with van der Waals surface area (Å²) in [5.41, 5.74) is 1.01. The number of rotatable bonds is 6. The quantitative estimate of drug-likeness (QED) is 0.817. The van der Waals surface area contributed by atoms with Gasteiger partial charge in [0.05, 0.1) is 11.9 Å². The molecule has 0 unspecified atom stereocenters. The first-order chi connectivity index (χ1) is 9.28. The lowest BCUT2D eigenvalue weighted by Crippen LogP contribution is -2.44. The summed E-state index contributed by atoms with van der Waals surface area (Å²) < 4.78 is 5.67. The van der Waals surface area contributed by atoms with Gasteiger partial charge in [-0.15, -0.1) is 11.8 Å². The Balaban J connectivity index is 2.25. The zero-order valence-electron chi connectivity index (χ0n) is 13.0. The van der Waals surface area contributed by atoms with E-state index >= 15 is 0 Å². The highest BCUT2D eigenvalue weighted by molar-refractivity contribution is 8.00. The fraction of sp³-hybridized carbons (Fsp3) is 0.562. The van der Waals surface area contributed by atoms with Crippen LogP contribution in [-0.4, -0.2) is 29.1 Å². The Labute approximate surface area is 126 Å². The predicted molar refractivity (Wildman–Crippen MR) is 86.5 cm³/mol. The standard InChI is InChI=1S/C16H25NO2S/c1-12-7-6-8-14(11-12)19-9-10-20-13(2)15(18)17-16(3,4)5/h6-8,11,13H,9-10H2,1-5H3,(H,17,18)/t13-/m1/s1. The van der Waals surface area contributed by atoms with E-state index < -0.39 is 0 Å². The fourth-order valence-electron chi connectivity index (χ4n) is 1.64. The summed E-state index contributed by atoms with van der Waals surface area (Å²) in [6, 6.07) is 7.99. The Morgan fingerprint density at radius 3 is 2.70 bits per heavy atom. The monoisotopic (exact) mass is 295 g/mol. The average molecular weight is 295 g/mol. The lowest BCUT2D eigenvalue weighted by Gasteiger charge is -2.23. The molecule has 1 atom stereocenters. The lowest BCUT2D eigenvalue weighted by molar-refractivity contribution is -0.121. The smallest absolute Gasteiger partial charge is 0.233 e.